The van der Waals surface area contributed by atoms with Crippen LogP contribution in [0.5, 0.6) is 0 Å². The molecule has 1 fully saturated rings. The molecular formula is C14H21FN4. The Balaban J connectivity index is 1.80. The maximum Gasteiger partial charge on any atom is 0.205 e. The van der Waals surface area contributed by atoms with E-state index in [0.717, 1.165) is 12.0 Å². The van der Waals surface area contributed by atoms with E-state index < -0.39 is 0 Å². The van der Waals surface area contributed by atoms with Crippen LogP contribution < -0.4 is 16.6 Å². The summed E-state index contributed by atoms with van der Waals surface area (Å²) < 4.78 is 12.8. The summed E-state index contributed by atoms with van der Waals surface area (Å²) in [6.07, 6.45) is 5.67. The fraction of sp³-hybridized carbons (Fsp3) is 0.500. The molecule has 19 heavy (non-hydrogen) atoms. The van der Waals surface area contributed by atoms with Gasteiger partial charge in [0, 0.05) is 12.6 Å². The van der Waals surface area contributed by atoms with Crippen LogP contribution in [0.3, 0.4) is 0 Å². The first-order valence-electron chi connectivity index (χ1n) is 6.80. The predicted octanol–water partition coefficient (Wildman–Crippen LogP) is 1.72. The summed E-state index contributed by atoms with van der Waals surface area (Å²) in [4.78, 5) is 4.40. The lowest BCUT2D eigenvalue weighted by Gasteiger charge is -2.14. The van der Waals surface area contributed by atoms with Gasteiger partial charge >= 0.3 is 0 Å². The van der Waals surface area contributed by atoms with Crippen LogP contribution in [-0.2, 0) is 6.42 Å². The first-order valence-corrected chi connectivity index (χ1v) is 6.80. The third-order valence-electron chi connectivity index (χ3n) is 3.42. The van der Waals surface area contributed by atoms with Crippen molar-refractivity contribution in [3.8, 4) is 0 Å². The number of benzene rings is 1. The maximum absolute atomic E-state index is 12.8. The molecule has 0 radical (unpaired) electrons. The fourth-order valence-electron chi connectivity index (χ4n) is 2.34. The van der Waals surface area contributed by atoms with E-state index in [-0.39, 0.29) is 5.82 Å². The summed E-state index contributed by atoms with van der Waals surface area (Å²) >= 11 is 0. The number of aliphatic imine (C=N–C) groups is 1. The van der Waals surface area contributed by atoms with E-state index in [2.05, 4.69) is 15.7 Å². The number of rotatable bonds is 4. The number of nitrogens with one attached hydrogen (secondary N) is 2. The molecule has 0 saturated heterocycles. The molecule has 0 amide bonds. The van der Waals surface area contributed by atoms with E-state index in [1.807, 2.05) is 0 Å². The van der Waals surface area contributed by atoms with E-state index in [1.54, 1.807) is 12.1 Å². The summed E-state index contributed by atoms with van der Waals surface area (Å²) in [5, 5.41) is 3.31. The average Bonchev–Trinajstić information content (AvgIpc) is 2.93. The van der Waals surface area contributed by atoms with E-state index >= 15 is 0 Å². The number of halogens is 1. The van der Waals surface area contributed by atoms with Gasteiger partial charge in [0.1, 0.15) is 5.82 Å². The predicted molar refractivity (Wildman–Crippen MR) is 75.1 cm³/mol. The summed E-state index contributed by atoms with van der Waals surface area (Å²) in [7, 11) is 0. The van der Waals surface area contributed by atoms with E-state index in [4.69, 9.17) is 5.84 Å². The molecule has 1 aromatic carbocycles. The Morgan fingerprint density at radius 1 is 1.26 bits per heavy atom. The number of nitrogens with zero attached hydrogens (tertiary/aromatic N) is 1. The zero-order valence-electron chi connectivity index (χ0n) is 11.0. The average molecular weight is 264 g/mol. The minimum atomic E-state index is -0.209. The van der Waals surface area contributed by atoms with Gasteiger partial charge in [-0.1, -0.05) is 25.0 Å². The normalized spacial score (nSPS) is 16.6. The highest BCUT2D eigenvalue weighted by Gasteiger charge is 2.15. The topological polar surface area (TPSA) is 62.4 Å². The molecule has 0 aliphatic heterocycles. The van der Waals surface area contributed by atoms with Gasteiger partial charge in [-0.2, -0.15) is 0 Å². The van der Waals surface area contributed by atoms with Crippen molar-refractivity contribution in [2.45, 2.75) is 38.1 Å². The number of hydrogen-bond acceptors (Lipinski definition) is 2. The summed E-state index contributed by atoms with van der Waals surface area (Å²) in [6, 6.07) is 6.99. The zero-order chi connectivity index (χ0) is 13.5. The van der Waals surface area contributed by atoms with Crippen molar-refractivity contribution in [3.63, 3.8) is 0 Å². The summed E-state index contributed by atoms with van der Waals surface area (Å²) in [5.74, 6) is 5.90. The van der Waals surface area contributed by atoms with Crippen molar-refractivity contribution in [1.82, 2.24) is 10.7 Å². The summed E-state index contributed by atoms with van der Waals surface area (Å²) in [6.45, 7) is 0.630. The van der Waals surface area contributed by atoms with Gasteiger partial charge < -0.3 is 5.32 Å². The van der Waals surface area contributed by atoms with Gasteiger partial charge in [0.05, 0.1) is 0 Å². The van der Waals surface area contributed by atoms with Crippen LogP contribution in [0.15, 0.2) is 29.3 Å². The minimum absolute atomic E-state index is 0.209. The van der Waals surface area contributed by atoms with Crippen molar-refractivity contribution in [3.05, 3.63) is 35.6 Å². The van der Waals surface area contributed by atoms with Crippen LogP contribution in [0.1, 0.15) is 31.2 Å². The molecule has 0 bridgehead atoms. The van der Waals surface area contributed by atoms with Crippen LogP contribution in [0.2, 0.25) is 0 Å². The minimum Gasteiger partial charge on any atom is -0.353 e. The Bertz CT molecular complexity index is 410. The Labute approximate surface area is 113 Å². The van der Waals surface area contributed by atoms with E-state index in [9.17, 15) is 4.39 Å². The second-order valence-electron chi connectivity index (χ2n) is 4.88. The second-order valence-corrected chi connectivity index (χ2v) is 4.88. The molecule has 1 aliphatic rings. The Kier molecular flexibility index (Phi) is 5.15. The summed E-state index contributed by atoms with van der Waals surface area (Å²) in [5.41, 5.74) is 3.67. The highest BCUT2D eigenvalue weighted by molar-refractivity contribution is 5.79. The van der Waals surface area contributed by atoms with Gasteiger partial charge in [-0.25, -0.2) is 10.2 Å². The lowest BCUT2D eigenvalue weighted by atomic mass is 10.1. The highest BCUT2D eigenvalue weighted by Crippen LogP contribution is 2.17. The number of hydrogen-bond donors (Lipinski definition) is 3. The van der Waals surface area contributed by atoms with Crippen LogP contribution in [0.4, 0.5) is 4.39 Å². The van der Waals surface area contributed by atoms with Crippen molar-refractivity contribution < 1.29 is 4.39 Å². The molecule has 1 saturated carbocycles. The van der Waals surface area contributed by atoms with Crippen LogP contribution >= 0.6 is 0 Å². The maximum atomic E-state index is 12.8. The Hall–Kier alpha value is -1.62. The molecule has 0 aromatic heterocycles. The van der Waals surface area contributed by atoms with E-state index in [1.165, 1.54) is 37.8 Å². The Morgan fingerprint density at radius 3 is 2.58 bits per heavy atom. The lowest BCUT2D eigenvalue weighted by molar-refractivity contribution is 0.614. The van der Waals surface area contributed by atoms with Gasteiger partial charge in [0.2, 0.25) is 5.96 Å². The number of hydrazine groups is 1. The monoisotopic (exact) mass is 264 g/mol. The molecule has 1 aromatic rings. The van der Waals surface area contributed by atoms with Crippen molar-refractivity contribution >= 4 is 5.96 Å². The lowest BCUT2D eigenvalue weighted by Crippen LogP contribution is -2.45. The van der Waals surface area contributed by atoms with Gasteiger partial charge in [-0.15, -0.1) is 0 Å². The first kappa shape index (κ1) is 13.8. The molecule has 4 N–H and O–H groups in total. The van der Waals surface area contributed by atoms with Crippen LogP contribution in [0.25, 0.3) is 0 Å². The molecule has 2 rings (SSSR count). The molecule has 5 heteroatoms. The van der Waals surface area contributed by atoms with E-state index in [0.29, 0.717) is 18.5 Å². The quantitative estimate of drug-likeness (QED) is 0.336. The molecule has 0 heterocycles. The molecular weight excluding hydrogens is 243 g/mol. The molecule has 0 atom stereocenters. The second kappa shape index (κ2) is 7.09. The third-order valence-corrected chi connectivity index (χ3v) is 3.42. The van der Waals surface area contributed by atoms with Gasteiger partial charge in [0.25, 0.3) is 0 Å². The first-order chi connectivity index (χ1) is 9.28. The van der Waals surface area contributed by atoms with Crippen molar-refractivity contribution in [2.75, 3.05) is 6.54 Å². The highest BCUT2D eigenvalue weighted by atomic mass is 19.1. The van der Waals surface area contributed by atoms with Crippen LogP contribution in [-0.4, -0.2) is 18.5 Å². The smallest absolute Gasteiger partial charge is 0.205 e. The molecule has 0 spiro atoms. The largest absolute Gasteiger partial charge is 0.353 e. The van der Waals surface area contributed by atoms with Gasteiger partial charge in [0.15, 0.2) is 0 Å². The Morgan fingerprint density at radius 2 is 1.95 bits per heavy atom. The molecule has 1 aliphatic carbocycles. The van der Waals surface area contributed by atoms with Gasteiger partial charge in [-0.05, 0) is 37.0 Å². The third kappa shape index (κ3) is 4.52. The fourth-order valence-corrected chi connectivity index (χ4v) is 2.34. The molecule has 0 unspecified atom stereocenters. The standard InChI is InChI=1S/C14H21FN4/c15-12-7-5-11(6-8-12)9-10-17-14(19-16)18-13-3-1-2-4-13/h5-8,13H,1-4,9-10,16H2,(H2,17,18,19). The van der Waals surface area contributed by atoms with Gasteiger partial charge in [-0.3, -0.25) is 10.4 Å². The van der Waals surface area contributed by atoms with Crippen molar-refractivity contribution in [2.24, 2.45) is 10.8 Å². The van der Waals surface area contributed by atoms with Crippen LogP contribution in [0, 0.1) is 5.82 Å². The number of guanidine groups is 1. The molecule has 4 nitrogen and oxygen atoms in total. The molecule has 104 valence electrons. The van der Waals surface area contributed by atoms with Crippen molar-refractivity contribution in [1.29, 1.82) is 0 Å². The number of nitrogens with two attached hydrogens (primary N) is 1. The SMILES string of the molecule is NNC(=NCCc1ccc(F)cc1)NC1CCCC1. The zero-order valence-corrected chi connectivity index (χ0v) is 11.0.